The summed E-state index contributed by atoms with van der Waals surface area (Å²) in [5, 5.41) is 8.65. The van der Waals surface area contributed by atoms with E-state index in [1.807, 2.05) is 6.07 Å². The van der Waals surface area contributed by atoms with Crippen LogP contribution in [0.25, 0.3) is 0 Å². The average Bonchev–Trinajstić information content (AvgIpc) is 2.25. The standard InChI is InChI=1S/C11H15NO2S/c1-2-3-4-7-15-9-5-6-10(11(13)14)12-8-9/h5-6,8H,2-4,7H2,1H3,(H,13,14). The molecule has 0 aliphatic carbocycles. The van der Waals surface area contributed by atoms with Crippen molar-refractivity contribution in [3.63, 3.8) is 0 Å². The van der Waals surface area contributed by atoms with Crippen LogP contribution in [0.5, 0.6) is 0 Å². The SMILES string of the molecule is CCCCCSc1ccc(C(=O)O)nc1. The molecule has 0 saturated heterocycles. The Morgan fingerprint density at radius 1 is 1.47 bits per heavy atom. The molecule has 0 aliphatic rings. The third-order valence-corrected chi connectivity index (χ3v) is 3.04. The van der Waals surface area contributed by atoms with Gasteiger partial charge in [0.25, 0.3) is 0 Å². The smallest absolute Gasteiger partial charge is 0.354 e. The van der Waals surface area contributed by atoms with Crippen LogP contribution in [0.4, 0.5) is 0 Å². The number of hydrogen-bond acceptors (Lipinski definition) is 3. The van der Waals surface area contributed by atoms with Crippen molar-refractivity contribution in [1.82, 2.24) is 4.98 Å². The van der Waals surface area contributed by atoms with Gasteiger partial charge in [0, 0.05) is 11.1 Å². The lowest BCUT2D eigenvalue weighted by atomic mass is 10.3. The highest BCUT2D eigenvalue weighted by Gasteiger charge is 2.03. The van der Waals surface area contributed by atoms with Crippen LogP contribution in [-0.2, 0) is 0 Å². The van der Waals surface area contributed by atoms with E-state index in [0.29, 0.717) is 0 Å². The van der Waals surface area contributed by atoms with E-state index in [4.69, 9.17) is 5.11 Å². The predicted molar refractivity (Wildman–Crippen MR) is 61.4 cm³/mol. The molecule has 0 saturated carbocycles. The average molecular weight is 225 g/mol. The lowest BCUT2D eigenvalue weighted by Gasteiger charge is -2.00. The molecule has 0 spiro atoms. The van der Waals surface area contributed by atoms with Gasteiger partial charge in [0.2, 0.25) is 0 Å². The predicted octanol–water partition coefficient (Wildman–Crippen LogP) is 3.06. The summed E-state index contributed by atoms with van der Waals surface area (Å²) < 4.78 is 0. The summed E-state index contributed by atoms with van der Waals surface area (Å²) >= 11 is 1.73. The maximum atomic E-state index is 10.5. The summed E-state index contributed by atoms with van der Waals surface area (Å²) in [5.41, 5.74) is 0.105. The van der Waals surface area contributed by atoms with Gasteiger partial charge >= 0.3 is 5.97 Å². The first-order valence-electron chi connectivity index (χ1n) is 5.06. The third kappa shape index (κ3) is 4.34. The van der Waals surface area contributed by atoms with Crippen molar-refractivity contribution in [2.45, 2.75) is 31.1 Å². The molecule has 1 heterocycles. The van der Waals surface area contributed by atoms with Crippen LogP contribution in [-0.4, -0.2) is 21.8 Å². The van der Waals surface area contributed by atoms with Crippen molar-refractivity contribution in [3.8, 4) is 0 Å². The van der Waals surface area contributed by atoms with E-state index in [0.717, 1.165) is 10.6 Å². The van der Waals surface area contributed by atoms with E-state index in [1.165, 1.54) is 19.3 Å². The Bertz CT molecular complexity index is 311. The number of nitrogens with zero attached hydrogens (tertiary/aromatic N) is 1. The highest BCUT2D eigenvalue weighted by molar-refractivity contribution is 7.99. The van der Waals surface area contributed by atoms with E-state index < -0.39 is 5.97 Å². The van der Waals surface area contributed by atoms with E-state index in [-0.39, 0.29) is 5.69 Å². The molecular weight excluding hydrogens is 210 g/mol. The van der Waals surface area contributed by atoms with Crippen LogP contribution in [0.15, 0.2) is 23.2 Å². The van der Waals surface area contributed by atoms with Crippen LogP contribution < -0.4 is 0 Å². The van der Waals surface area contributed by atoms with Crippen LogP contribution in [0, 0.1) is 0 Å². The van der Waals surface area contributed by atoms with Crippen LogP contribution in [0.2, 0.25) is 0 Å². The Morgan fingerprint density at radius 2 is 2.27 bits per heavy atom. The quantitative estimate of drug-likeness (QED) is 0.597. The molecule has 1 rings (SSSR count). The minimum Gasteiger partial charge on any atom is -0.477 e. The largest absolute Gasteiger partial charge is 0.477 e. The number of hydrogen-bond donors (Lipinski definition) is 1. The second kappa shape index (κ2) is 6.45. The van der Waals surface area contributed by atoms with Crippen molar-refractivity contribution in [2.75, 3.05) is 5.75 Å². The molecular formula is C11H15NO2S. The second-order valence-corrected chi connectivity index (χ2v) is 4.41. The number of pyridine rings is 1. The number of thioether (sulfide) groups is 1. The number of aromatic nitrogens is 1. The Kier molecular flexibility index (Phi) is 5.18. The Morgan fingerprint density at radius 3 is 2.80 bits per heavy atom. The fraction of sp³-hybridized carbons (Fsp3) is 0.455. The van der Waals surface area contributed by atoms with Crippen molar-refractivity contribution in [2.24, 2.45) is 0 Å². The van der Waals surface area contributed by atoms with Crippen LogP contribution in [0.3, 0.4) is 0 Å². The zero-order valence-corrected chi connectivity index (χ0v) is 9.59. The molecule has 0 atom stereocenters. The number of carboxylic acid groups (broad SMARTS) is 1. The summed E-state index contributed by atoms with van der Waals surface area (Å²) in [7, 11) is 0. The molecule has 1 aromatic rings. The first kappa shape index (κ1) is 12.0. The van der Waals surface area contributed by atoms with Gasteiger partial charge in [-0.25, -0.2) is 9.78 Å². The summed E-state index contributed by atoms with van der Waals surface area (Å²) in [5.74, 6) is 0.0969. The second-order valence-electron chi connectivity index (χ2n) is 3.24. The maximum Gasteiger partial charge on any atom is 0.354 e. The molecule has 15 heavy (non-hydrogen) atoms. The number of aromatic carboxylic acids is 1. The Balaban J connectivity index is 2.39. The van der Waals surface area contributed by atoms with Crippen LogP contribution in [0.1, 0.15) is 36.7 Å². The molecule has 0 bridgehead atoms. The molecule has 82 valence electrons. The van der Waals surface area contributed by atoms with Gasteiger partial charge in [-0.2, -0.15) is 0 Å². The van der Waals surface area contributed by atoms with Gasteiger partial charge in [-0.1, -0.05) is 19.8 Å². The maximum absolute atomic E-state index is 10.5. The van der Waals surface area contributed by atoms with E-state index >= 15 is 0 Å². The number of carbonyl (C=O) groups is 1. The zero-order chi connectivity index (χ0) is 11.1. The molecule has 0 fully saturated rings. The van der Waals surface area contributed by atoms with Crippen LogP contribution >= 0.6 is 11.8 Å². The molecule has 4 heteroatoms. The highest BCUT2D eigenvalue weighted by Crippen LogP contribution is 2.18. The van der Waals surface area contributed by atoms with E-state index in [9.17, 15) is 4.79 Å². The van der Waals surface area contributed by atoms with Crippen molar-refractivity contribution < 1.29 is 9.90 Å². The Labute approximate surface area is 93.9 Å². The summed E-state index contributed by atoms with van der Waals surface area (Å²) in [6.45, 7) is 2.17. The van der Waals surface area contributed by atoms with Gasteiger partial charge in [0.1, 0.15) is 5.69 Å². The van der Waals surface area contributed by atoms with E-state index in [1.54, 1.807) is 24.0 Å². The Hall–Kier alpha value is -1.03. The fourth-order valence-corrected chi connectivity index (χ4v) is 2.01. The lowest BCUT2D eigenvalue weighted by molar-refractivity contribution is 0.0690. The molecule has 0 aromatic carbocycles. The minimum atomic E-state index is -0.975. The van der Waals surface area contributed by atoms with Gasteiger partial charge in [-0.15, -0.1) is 11.8 Å². The van der Waals surface area contributed by atoms with Gasteiger partial charge in [0.05, 0.1) is 0 Å². The minimum absolute atomic E-state index is 0.105. The molecule has 0 amide bonds. The third-order valence-electron chi connectivity index (χ3n) is 1.97. The van der Waals surface area contributed by atoms with Crippen molar-refractivity contribution in [1.29, 1.82) is 0 Å². The van der Waals surface area contributed by atoms with E-state index in [2.05, 4.69) is 11.9 Å². The van der Waals surface area contributed by atoms with Gasteiger partial charge in [-0.05, 0) is 24.3 Å². The van der Waals surface area contributed by atoms with Crippen molar-refractivity contribution in [3.05, 3.63) is 24.0 Å². The first-order chi connectivity index (χ1) is 7.24. The number of rotatable bonds is 6. The van der Waals surface area contributed by atoms with Gasteiger partial charge in [-0.3, -0.25) is 0 Å². The zero-order valence-electron chi connectivity index (χ0n) is 8.77. The molecule has 0 unspecified atom stereocenters. The highest BCUT2D eigenvalue weighted by atomic mass is 32.2. The topological polar surface area (TPSA) is 50.2 Å². The molecule has 0 aliphatic heterocycles. The van der Waals surface area contributed by atoms with Crippen molar-refractivity contribution >= 4 is 17.7 Å². The number of carboxylic acids is 1. The molecule has 0 radical (unpaired) electrons. The lowest BCUT2D eigenvalue weighted by Crippen LogP contribution is -1.98. The van der Waals surface area contributed by atoms with Gasteiger partial charge < -0.3 is 5.11 Å². The molecule has 1 N–H and O–H groups in total. The number of unbranched alkanes of at least 4 members (excludes halogenated alkanes) is 2. The monoisotopic (exact) mass is 225 g/mol. The van der Waals surface area contributed by atoms with Gasteiger partial charge in [0.15, 0.2) is 0 Å². The fourth-order valence-electron chi connectivity index (χ4n) is 1.13. The molecule has 1 aromatic heterocycles. The summed E-state index contributed by atoms with van der Waals surface area (Å²) in [6.07, 6.45) is 5.28. The summed E-state index contributed by atoms with van der Waals surface area (Å²) in [6, 6.07) is 3.36. The first-order valence-corrected chi connectivity index (χ1v) is 6.04. The molecule has 3 nitrogen and oxygen atoms in total. The normalized spacial score (nSPS) is 10.2. The summed E-state index contributed by atoms with van der Waals surface area (Å²) in [4.78, 5) is 15.4.